The Hall–Kier alpha value is -1.06. The van der Waals surface area contributed by atoms with Crippen LogP contribution < -0.4 is 0 Å². The largest absolute Gasteiger partial charge is 0.479 e. The van der Waals surface area contributed by atoms with Gasteiger partial charge >= 0.3 is 5.97 Å². The summed E-state index contributed by atoms with van der Waals surface area (Å²) in [6.45, 7) is 6.03. The predicted octanol–water partition coefficient (Wildman–Crippen LogP) is 2.67. The Morgan fingerprint density at radius 1 is 1.33 bits per heavy atom. The van der Waals surface area contributed by atoms with E-state index >= 15 is 0 Å². The minimum absolute atomic E-state index is 0.0826. The molecule has 2 unspecified atom stereocenters. The van der Waals surface area contributed by atoms with Crippen LogP contribution in [0.2, 0.25) is 0 Å². The summed E-state index contributed by atoms with van der Waals surface area (Å²) in [6.07, 6.45) is 5.10. The number of hydrogen-bond acceptors (Lipinski definition) is 2. The van der Waals surface area contributed by atoms with Crippen molar-refractivity contribution in [1.29, 1.82) is 0 Å². The monoisotopic (exact) mass is 255 g/mol. The fourth-order valence-corrected chi connectivity index (χ4v) is 3.38. The molecule has 1 amide bonds. The quantitative estimate of drug-likeness (QED) is 0.821. The van der Waals surface area contributed by atoms with E-state index < -0.39 is 11.5 Å². The average Bonchev–Trinajstić information content (AvgIpc) is 2.35. The lowest BCUT2D eigenvalue weighted by molar-refractivity contribution is -0.166. The third-order valence-electron chi connectivity index (χ3n) is 4.21. The standard InChI is InChI=1S/C14H25NO3/c1-4-10-15(11(3)16)14(13(17)18)9-7-6-8-12(14)5-2/h12H,4-10H2,1-3H3,(H,17,18). The maximum absolute atomic E-state index is 11.9. The van der Waals surface area contributed by atoms with Crippen LogP contribution in [-0.2, 0) is 9.59 Å². The SMILES string of the molecule is CCCN(C(C)=O)C1(C(=O)O)CCCCC1CC. The molecule has 0 aliphatic heterocycles. The Labute approximate surface area is 109 Å². The molecule has 0 aromatic rings. The van der Waals surface area contributed by atoms with Gasteiger partial charge in [0, 0.05) is 13.5 Å². The Morgan fingerprint density at radius 3 is 2.44 bits per heavy atom. The molecule has 0 aromatic carbocycles. The highest BCUT2D eigenvalue weighted by Crippen LogP contribution is 2.41. The van der Waals surface area contributed by atoms with Crippen LogP contribution in [0.4, 0.5) is 0 Å². The van der Waals surface area contributed by atoms with Crippen LogP contribution in [0.15, 0.2) is 0 Å². The lowest BCUT2D eigenvalue weighted by atomic mass is 9.70. The molecule has 2 atom stereocenters. The zero-order chi connectivity index (χ0) is 13.8. The smallest absolute Gasteiger partial charge is 0.329 e. The van der Waals surface area contributed by atoms with E-state index in [-0.39, 0.29) is 11.8 Å². The highest BCUT2D eigenvalue weighted by Gasteiger charge is 2.51. The second-order valence-electron chi connectivity index (χ2n) is 5.25. The third kappa shape index (κ3) is 2.52. The maximum Gasteiger partial charge on any atom is 0.329 e. The van der Waals surface area contributed by atoms with Crippen molar-refractivity contribution in [3.63, 3.8) is 0 Å². The van der Waals surface area contributed by atoms with Crippen molar-refractivity contribution in [2.75, 3.05) is 6.54 Å². The van der Waals surface area contributed by atoms with Gasteiger partial charge in [-0.25, -0.2) is 4.79 Å². The molecule has 1 fully saturated rings. The summed E-state index contributed by atoms with van der Waals surface area (Å²) >= 11 is 0. The van der Waals surface area contributed by atoms with Gasteiger partial charge in [0.2, 0.25) is 5.91 Å². The minimum atomic E-state index is -0.963. The second kappa shape index (κ2) is 6.21. The summed E-state index contributed by atoms with van der Waals surface area (Å²) in [5, 5.41) is 9.74. The number of carboxylic acid groups (broad SMARTS) is 1. The van der Waals surface area contributed by atoms with E-state index in [1.165, 1.54) is 6.92 Å². The zero-order valence-corrected chi connectivity index (χ0v) is 11.7. The van der Waals surface area contributed by atoms with Crippen molar-refractivity contribution >= 4 is 11.9 Å². The molecule has 1 aliphatic rings. The van der Waals surface area contributed by atoms with Crippen LogP contribution in [0.25, 0.3) is 0 Å². The minimum Gasteiger partial charge on any atom is -0.479 e. The number of carbonyl (C=O) groups is 2. The lowest BCUT2D eigenvalue weighted by Gasteiger charge is -2.48. The summed E-state index contributed by atoms with van der Waals surface area (Å²) in [6, 6.07) is 0. The molecule has 0 radical (unpaired) electrons. The number of hydrogen-bond donors (Lipinski definition) is 1. The van der Waals surface area contributed by atoms with Crippen LogP contribution in [0, 0.1) is 5.92 Å². The second-order valence-corrected chi connectivity index (χ2v) is 5.25. The molecule has 1 aliphatic carbocycles. The van der Waals surface area contributed by atoms with E-state index in [1.807, 2.05) is 13.8 Å². The van der Waals surface area contributed by atoms with Crippen molar-refractivity contribution < 1.29 is 14.7 Å². The van der Waals surface area contributed by atoms with Crippen LogP contribution in [0.3, 0.4) is 0 Å². The summed E-state index contributed by atoms with van der Waals surface area (Å²) in [4.78, 5) is 25.4. The third-order valence-corrected chi connectivity index (χ3v) is 4.21. The molecule has 18 heavy (non-hydrogen) atoms. The molecule has 1 saturated carbocycles. The fourth-order valence-electron chi connectivity index (χ4n) is 3.38. The molecule has 4 nitrogen and oxygen atoms in total. The topological polar surface area (TPSA) is 57.6 Å². The zero-order valence-electron chi connectivity index (χ0n) is 11.7. The van der Waals surface area contributed by atoms with E-state index in [4.69, 9.17) is 0 Å². The van der Waals surface area contributed by atoms with Gasteiger partial charge in [0.25, 0.3) is 0 Å². The van der Waals surface area contributed by atoms with Gasteiger partial charge in [0.05, 0.1) is 0 Å². The summed E-state index contributed by atoms with van der Waals surface area (Å²) in [7, 11) is 0. The first-order valence-corrected chi connectivity index (χ1v) is 7.02. The van der Waals surface area contributed by atoms with Gasteiger partial charge in [0.1, 0.15) is 5.54 Å². The normalized spacial score (nSPS) is 27.8. The number of amides is 1. The van der Waals surface area contributed by atoms with Crippen LogP contribution >= 0.6 is 0 Å². The van der Waals surface area contributed by atoms with Crippen molar-refractivity contribution in [2.45, 2.75) is 64.8 Å². The van der Waals surface area contributed by atoms with Gasteiger partial charge < -0.3 is 10.0 Å². The van der Waals surface area contributed by atoms with E-state index in [0.717, 1.165) is 32.1 Å². The molecular weight excluding hydrogens is 230 g/mol. The Morgan fingerprint density at radius 2 is 2.00 bits per heavy atom. The van der Waals surface area contributed by atoms with Crippen LogP contribution in [0.1, 0.15) is 59.3 Å². The Bertz CT molecular complexity index is 316. The number of rotatable bonds is 5. The predicted molar refractivity (Wildman–Crippen MR) is 70.3 cm³/mol. The molecule has 1 rings (SSSR count). The summed E-state index contributed by atoms with van der Waals surface area (Å²) in [5.74, 6) is -0.850. The molecule has 0 spiro atoms. The maximum atomic E-state index is 11.9. The molecule has 0 aromatic heterocycles. The molecule has 0 heterocycles. The summed E-state index contributed by atoms with van der Waals surface area (Å²) in [5.41, 5.74) is -0.963. The highest BCUT2D eigenvalue weighted by molar-refractivity contribution is 5.86. The van der Waals surface area contributed by atoms with Gasteiger partial charge in [-0.3, -0.25) is 4.79 Å². The van der Waals surface area contributed by atoms with Crippen molar-refractivity contribution in [3.05, 3.63) is 0 Å². The first kappa shape index (κ1) is 15.0. The van der Waals surface area contributed by atoms with Gasteiger partial charge in [0.15, 0.2) is 0 Å². The van der Waals surface area contributed by atoms with E-state index in [0.29, 0.717) is 13.0 Å². The van der Waals surface area contributed by atoms with Gasteiger partial charge in [-0.2, -0.15) is 0 Å². The van der Waals surface area contributed by atoms with Crippen molar-refractivity contribution in [3.8, 4) is 0 Å². The molecule has 0 saturated heterocycles. The number of aliphatic carboxylic acids is 1. The van der Waals surface area contributed by atoms with Gasteiger partial charge in [-0.05, 0) is 25.2 Å². The van der Waals surface area contributed by atoms with Crippen LogP contribution in [0.5, 0.6) is 0 Å². The first-order valence-electron chi connectivity index (χ1n) is 7.02. The molecule has 4 heteroatoms. The average molecular weight is 255 g/mol. The first-order chi connectivity index (χ1) is 8.50. The Balaban J connectivity index is 3.17. The molecule has 1 N–H and O–H groups in total. The van der Waals surface area contributed by atoms with Gasteiger partial charge in [-0.15, -0.1) is 0 Å². The molecule has 104 valence electrons. The number of carboxylic acids is 1. The molecule has 0 bridgehead atoms. The Kier molecular flexibility index (Phi) is 5.17. The van der Waals surface area contributed by atoms with Crippen LogP contribution in [-0.4, -0.2) is 34.0 Å². The van der Waals surface area contributed by atoms with Crippen molar-refractivity contribution in [2.24, 2.45) is 5.92 Å². The number of carbonyl (C=O) groups excluding carboxylic acids is 1. The van der Waals surface area contributed by atoms with Crippen molar-refractivity contribution in [1.82, 2.24) is 4.90 Å². The van der Waals surface area contributed by atoms with E-state index in [1.54, 1.807) is 4.90 Å². The fraction of sp³-hybridized carbons (Fsp3) is 0.857. The van der Waals surface area contributed by atoms with E-state index in [2.05, 4.69) is 0 Å². The lowest BCUT2D eigenvalue weighted by Crippen LogP contribution is -2.62. The summed E-state index contributed by atoms with van der Waals surface area (Å²) < 4.78 is 0. The highest BCUT2D eigenvalue weighted by atomic mass is 16.4. The van der Waals surface area contributed by atoms with E-state index in [9.17, 15) is 14.7 Å². The number of nitrogens with zero attached hydrogens (tertiary/aromatic N) is 1. The molecular formula is C14H25NO3. The van der Waals surface area contributed by atoms with Gasteiger partial charge in [-0.1, -0.05) is 33.1 Å².